The predicted molar refractivity (Wildman–Crippen MR) is 82.1 cm³/mol. The highest BCUT2D eigenvalue weighted by Crippen LogP contribution is 2.61. The number of nitrogens with two attached hydrogens (primary N) is 1. The molecule has 1 aromatic rings. The molecule has 24 heavy (non-hydrogen) atoms. The van der Waals surface area contributed by atoms with Gasteiger partial charge >= 0.3 is 0 Å². The summed E-state index contributed by atoms with van der Waals surface area (Å²) in [5, 5.41) is 41.7. The Balaban J connectivity index is 2.06. The zero-order chi connectivity index (χ0) is 17.9. The summed E-state index contributed by atoms with van der Waals surface area (Å²) in [7, 11) is -3.69. The Labute approximate surface area is 139 Å². The molecule has 0 spiro atoms. The van der Waals surface area contributed by atoms with Crippen LogP contribution in [0.1, 0.15) is 32.5 Å². The van der Waals surface area contributed by atoms with Gasteiger partial charge in [0.05, 0.1) is 23.2 Å². The van der Waals surface area contributed by atoms with E-state index in [1.54, 1.807) is 13.8 Å². The Bertz CT molecular complexity index is 708. The number of nitrogens with one attached hydrogen (secondary N) is 1. The summed E-state index contributed by atoms with van der Waals surface area (Å²) in [5.41, 5.74) is 3.60. The maximum absolute atomic E-state index is 12.9. The third kappa shape index (κ3) is 2.08. The normalized spacial score (nSPS) is 41.2. The van der Waals surface area contributed by atoms with Gasteiger partial charge in [-0.2, -0.15) is 5.21 Å². The fraction of sp³-hybridized carbons (Fsp3) is 0.923. The number of aliphatic hydroxyl groups is 3. The van der Waals surface area contributed by atoms with Crippen LogP contribution in [0.15, 0.2) is 0 Å². The van der Waals surface area contributed by atoms with E-state index in [0.717, 1.165) is 0 Å². The summed E-state index contributed by atoms with van der Waals surface area (Å²) in [5.74, 6) is -0.685. The molecule has 3 rings (SSSR count). The topological polar surface area (TPSA) is 175 Å². The number of sulfone groups is 1. The van der Waals surface area contributed by atoms with Gasteiger partial charge in [-0.1, -0.05) is 19.1 Å². The molecule has 2 fully saturated rings. The van der Waals surface area contributed by atoms with E-state index in [2.05, 4.69) is 20.6 Å². The van der Waals surface area contributed by atoms with Crippen LogP contribution < -0.4 is 5.73 Å². The van der Waals surface area contributed by atoms with Gasteiger partial charge in [0.2, 0.25) is 5.82 Å². The lowest BCUT2D eigenvalue weighted by atomic mass is 9.71. The van der Waals surface area contributed by atoms with Crippen LogP contribution in [0.2, 0.25) is 0 Å². The number of H-pyrrole nitrogens is 1. The second-order valence-corrected chi connectivity index (χ2v) is 9.73. The maximum atomic E-state index is 12.9. The highest BCUT2D eigenvalue weighted by molar-refractivity contribution is 7.93. The average molecular weight is 361 g/mol. The quantitative estimate of drug-likeness (QED) is 0.394. The van der Waals surface area contributed by atoms with E-state index in [0.29, 0.717) is 0 Å². The van der Waals surface area contributed by atoms with Gasteiger partial charge in [-0.05, 0) is 12.8 Å². The van der Waals surface area contributed by atoms with Gasteiger partial charge in [-0.25, -0.2) is 8.42 Å². The van der Waals surface area contributed by atoms with Gasteiger partial charge in [0, 0.05) is 17.4 Å². The Kier molecular flexibility index (Phi) is 4.00. The number of aliphatic hydroxyl groups excluding tert-OH is 2. The third-order valence-corrected chi connectivity index (χ3v) is 8.59. The van der Waals surface area contributed by atoms with Crippen molar-refractivity contribution in [3.05, 3.63) is 5.82 Å². The molecule has 11 heteroatoms. The van der Waals surface area contributed by atoms with Crippen LogP contribution >= 0.6 is 0 Å². The number of hydrogen-bond donors (Lipinski definition) is 5. The minimum atomic E-state index is -3.69. The summed E-state index contributed by atoms with van der Waals surface area (Å²) in [6.07, 6.45) is -1.11. The molecule has 2 aliphatic rings. The van der Waals surface area contributed by atoms with Crippen molar-refractivity contribution in [3.63, 3.8) is 0 Å². The second kappa shape index (κ2) is 5.43. The lowest BCUT2D eigenvalue weighted by Crippen LogP contribution is -2.51. The largest absolute Gasteiger partial charge is 0.394 e. The van der Waals surface area contributed by atoms with Crippen LogP contribution in [-0.2, 0) is 15.4 Å². The minimum absolute atomic E-state index is 0.0222. The number of tetrazole rings is 1. The zero-order valence-corrected chi connectivity index (χ0v) is 14.3. The first-order valence-electron chi connectivity index (χ1n) is 7.82. The van der Waals surface area contributed by atoms with Crippen LogP contribution in [0.4, 0.5) is 0 Å². The van der Waals surface area contributed by atoms with E-state index < -0.39 is 56.0 Å². The molecule has 6 N–H and O–H groups in total. The molecule has 1 aromatic heterocycles. The molecule has 136 valence electrons. The molecule has 0 amide bonds. The first-order chi connectivity index (χ1) is 11.1. The monoisotopic (exact) mass is 361 g/mol. The van der Waals surface area contributed by atoms with Crippen molar-refractivity contribution in [1.82, 2.24) is 20.6 Å². The van der Waals surface area contributed by atoms with Gasteiger partial charge in [-0.15, -0.1) is 10.2 Å². The van der Waals surface area contributed by atoms with Gasteiger partial charge in [-0.3, -0.25) is 0 Å². The Hall–Kier alpha value is -1.14. The van der Waals surface area contributed by atoms with Crippen molar-refractivity contribution >= 4 is 9.84 Å². The number of aromatic nitrogens is 4. The molecule has 0 bridgehead atoms. The molecule has 0 radical (unpaired) electrons. The number of rotatable bonds is 4. The minimum Gasteiger partial charge on any atom is -0.394 e. The van der Waals surface area contributed by atoms with Gasteiger partial charge in [0.15, 0.2) is 9.84 Å². The van der Waals surface area contributed by atoms with E-state index in [9.17, 15) is 18.6 Å². The predicted octanol–water partition coefficient (Wildman–Crippen LogP) is -2.33. The molecular formula is C13H23N5O5S. The van der Waals surface area contributed by atoms with E-state index >= 15 is 0 Å². The SMILES string of the molecule is CC1(C)[C@H](N)[C@H]2[C@H](C[C@H](C[C@H](O)CO)S2(=O)=O)[C@@]1(O)c1nn[nH]n1. The first kappa shape index (κ1) is 17.7. The maximum Gasteiger partial charge on any atom is 0.206 e. The van der Waals surface area contributed by atoms with Crippen molar-refractivity contribution < 1.29 is 23.7 Å². The second-order valence-electron chi connectivity index (χ2n) is 7.34. The fourth-order valence-electron chi connectivity index (χ4n) is 4.39. The van der Waals surface area contributed by atoms with E-state index in [1.165, 1.54) is 0 Å². The van der Waals surface area contributed by atoms with E-state index in [1.807, 2.05) is 0 Å². The van der Waals surface area contributed by atoms with E-state index in [4.69, 9.17) is 10.8 Å². The van der Waals surface area contributed by atoms with Crippen LogP contribution in [0, 0.1) is 11.3 Å². The number of nitrogens with zero attached hydrogens (tertiary/aromatic N) is 3. The summed E-state index contributed by atoms with van der Waals surface area (Å²) >= 11 is 0. The fourth-order valence-corrected chi connectivity index (χ4v) is 7.32. The number of aromatic amines is 1. The molecule has 1 saturated heterocycles. The Morgan fingerprint density at radius 2 is 2.12 bits per heavy atom. The highest BCUT2D eigenvalue weighted by atomic mass is 32.2. The average Bonchev–Trinajstić information content (AvgIpc) is 3.16. The van der Waals surface area contributed by atoms with Crippen molar-refractivity contribution in [2.75, 3.05) is 6.61 Å². The molecule has 1 aliphatic heterocycles. The number of hydrogen-bond acceptors (Lipinski definition) is 9. The molecule has 0 aromatic carbocycles. The Morgan fingerprint density at radius 1 is 1.46 bits per heavy atom. The molecule has 6 atom stereocenters. The van der Waals surface area contributed by atoms with Crippen LogP contribution in [0.3, 0.4) is 0 Å². The smallest absolute Gasteiger partial charge is 0.206 e. The standard InChI is InChI=1S/C13H23N5O5S/c1-12(2)10(14)9-8(13(12,21)11-15-17-18-16-11)4-7(24(9,22)23)3-6(20)5-19/h6-10,19-21H,3-5,14H2,1-2H3,(H,15,16,17,18)/t6-,7-,8-,9+,10+,13+/m0/s1. The van der Waals surface area contributed by atoms with Crippen molar-refractivity contribution in [2.45, 2.75) is 54.9 Å². The first-order valence-corrected chi connectivity index (χ1v) is 9.43. The molecular weight excluding hydrogens is 338 g/mol. The highest BCUT2D eigenvalue weighted by Gasteiger charge is 2.72. The lowest BCUT2D eigenvalue weighted by Gasteiger charge is -2.39. The lowest BCUT2D eigenvalue weighted by molar-refractivity contribution is -0.0943. The molecule has 2 heterocycles. The summed E-state index contributed by atoms with van der Waals surface area (Å²) in [6.45, 7) is 2.87. The molecule has 0 unspecified atom stereocenters. The van der Waals surface area contributed by atoms with Crippen molar-refractivity contribution in [1.29, 1.82) is 0 Å². The summed E-state index contributed by atoms with van der Waals surface area (Å²) < 4.78 is 25.9. The molecule has 1 saturated carbocycles. The summed E-state index contributed by atoms with van der Waals surface area (Å²) in [6, 6.07) is -0.827. The van der Waals surface area contributed by atoms with Crippen LogP contribution in [0.25, 0.3) is 0 Å². The summed E-state index contributed by atoms with van der Waals surface area (Å²) in [4.78, 5) is 0. The zero-order valence-electron chi connectivity index (χ0n) is 13.5. The molecule has 10 nitrogen and oxygen atoms in total. The van der Waals surface area contributed by atoms with Crippen molar-refractivity contribution in [2.24, 2.45) is 17.1 Å². The van der Waals surface area contributed by atoms with Crippen LogP contribution in [-0.4, -0.2) is 73.6 Å². The van der Waals surface area contributed by atoms with Gasteiger partial charge < -0.3 is 21.1 Å². The molecule has 1 aliphatic carbocycles. The van der Waals surface area contributed by atoms with Crippen molar-refractivity contribution in [3.8, 4) is 0 Å². The third-order valence-electron chi connectivity index (χ3n) is 5.90. The van der Waals surface area contributed by atoms with E-state index in [-0.39, 0.29) is 18.7 Å². The van der Waals surface area contributed by atoms with Crippen LogP contribution in [0.5, 0.6) is 0 Å². The Morgan fingerprint density at radius 3 is 2.67 bits per heavy atom. The number of fused-ring (bicyclic) bond motifs is 1. The van der Waals surface area contributed by atoms with Gasteiger partial charge in [0.25, 0.3) is 0 Å². The van der Waals surface area contributed by atoms with Gasteiger partial charge in [0.1, 0.15) is 5.60 Å².